The van der Waals surface area contributed by atoms with Gasteiger partial charge in [0.15, 0.2) is 0 Å². The molecule has 6 nitrogen and oxygen atoms in total. The molecule has 0 aromatic carbocycles. The van der Waals surface area contributed by atoms with E-state index in [4.69, 9.17) is 4.74 Å². The van der Waals surface area contributed by atoms with Gasteiger partial charge in [-0.15, -0.1) is 0 Å². The van der Waals surface area contributed by atoms with Gasteiger partial charge in [0.05, 0.1) is 12.8 Å². The van der Waals surface area contributed by atoms with Gasteiger partial charge in [0, 0.05) is 19.2 Å². The zero-order valence-corrected chi connectivity index (χ0v) is 10.8. The number of nitrogens with zero attached hydrogens (tertiary/aromatic N) is 3. The van der Waals surface area contributed by atoms with Crippen molar-refractivity contribution in [2.45, 2.75) is 18.9 Å². The number of aromatic nitrogens is 3. The summed E-state index contributed by atoms with van der Waals surface area (Å²) in [5.41, 5.74) is 1.89. The minimum atomic E-state index is -0.902. The fraction of sp³-hybridized carbons (Fsp3) is 0.385. The maximum atomic E-state index is 11.3. The number of aryl methyl sites for hydroxylation is 1. The molecular formula is C13H15N3O3. The molecule has 1 aliphatic carbocycles. The van der Waals surface area contributed by atoms with Crippen LogP contribution in [0.4, 0.5) is 0 Å². The van der Waals surface area contributed by atoms with Crippen molar-refractivity contribution in [3.63, 3.8) is 0 Å². The second kappa shape index (κ2) is 4.15. The smallest absolute Gasteiger partial charge is 0.352 e. The van der Waals surface area contributed by atoms with Crippen LogP contribution in [0.5, 0.6) is 5.88 Å². The topological polar surface area (TPSA) is 69.3 Å². The Labute approximate surface area is 110 Å². The van der Waals surface area contributed by atoms with Crippen LogP contribution in [0.1, 0.15) is 29.4 Å². The van der Waals surface area contributed by atoms with E-state index in [1.807, 2.05) is 16.7 Å². The summed E-state index contributed by atoms with van der Waals surface area (Å²) in [4.78, 5) is 11.3. The van der Waals surface area contributed by atoms with Crippen LogP contribution in [0.15, 0.2) is 18.2 Å². The molecule has 0 aliphatic heterocycles. The molecule has 100 valence electrons. The molecule has 1 aliphatic rings. The lowest BCUT2D eigenvalue weighted by molar-refractivity contribution is 0.0685. The summed E-state index contributed by atoms with van der Waals surface area (Å²) >= 11 is 0. The van der Waals surface area contributed by atoms with Crippen LogP contribution in [0, 0.1) is 0 Å². The van der Waals surface area contributed by atoms with E-state index >= 15 is 0 Å². The number of carboxylic acids is 1. The first kappa shape index (κ1) is 11.8. The van der Waals surface area contributed by atoms with Crippen LogP contribution in [-0.2, 0) is 7.05 Å². The first-order chi connectivity index (χ1) is 9.11. The molecule has 0 saturated heterocycles. The van der Waals surface area contributed by atoms with E-state index in [1.54, 1.807) is 24.9 Å². The van der Waals surface area contributed by atoms with Crippen molar-refractivity contribution >= 4 is 5.97 Å². The highest BCUT2D eigenvalue weighted by molar-refractivity contribution is 5.87. The number of methoxy groups -OCH3 is 1. The summed E-state index contributed by atoms with van der Waals surface area (Å²) in [5.74, 6) is -0.253. The molecule has 0 unspecified atom stereocenters. The van der Waals surface area contributed by atoms with Crippen molar-refractivity contribution < 1.29 is 14.6 Å². The second-order valence-electron chi connectivity index (χ2n) is 4.71. The monoisotopic (exact) mass is 261 g/mol. The van der Waals surface area contributed by atoms with Gasteiger partial charge in [0.1, 0.15) is 11.4 Å². The summed E-state index contributed by atoms with van der Waals surface area (Å²) in [5, 5.41) is 13.6. The van der Waals surface area contributed by atoms with E-state index in [2.05, 4.69) is 5.10 Å². The lowest BCUT2D eigenvalue weighted by Gasteiger charge is -2.08. The van der Waals surface area contributed by atoms with Gasteiger partial charge < -0.3 is 14.4 Å². The van der Waals surface area contributed by atoms with Gasteiger partial charge >= 0.3 is 5.97 Å². The van der Waals surface area contributed by atoms with Crippen LogP contribution in [0.25, 0.3) is 11.4 Å². The van der Waals surface area contributed by atoms with Gasteiger partial charge in [-0.3, -0.25) is 0 Å². The van der Waals surface area contributed by atoms with E-state index in [9.17, 15) is 9.90 Å². The highest BCUT2D eigenvalue weighted by atomic mass is 16.5. The Bertz CT molecular complexity index is 638. The molecule has 2 aromatic rings. The molecule has 0 atom stereocenters. The average Bonchev–Trinajstić information content (AvgIpc) is 3.00. The molecule has 0 spiro atoms. The Morgan fingerprint density at radius 2 is 2.21 bits per heavy atom. The standard InChI is InChI=1S/C13H15N3O3/c1-15-12(19-2)7-9(14-15)10-5-6-11(13(17)18)16(10)8-3-4-8/h5-8H,3-4H2,1-2H3,(H,17,18). The molecule has 0 radical (unpaired) electrons. The van der Waals surface area contributed by atoms with Gasteiger partial charge in [-0.2, -0.15) is 5.10 Å². The first-order valence-electron chi connectivity index (χ1n) is 6.14. The number of carbonyl (C=O) groups is 1. The van der Waals surface area contributed by atoms with Crippen molar-refractivity contribution in [1.82, 2.24) is 14.3 Å². The maximum absolute atomic E-state index is 11.3. The number of aromatic carboxylic acids is 1. The second-order valence-corrected chi connectivity index (χ2v) is 4.71. The predicted molar refractivity (Wildman–Crippen MR) is 68.4 cm³/mol. The minimum absolute atomic E-state index is 0.282. The average molecular weight is 261 g/mol. The van der Waals surface area contributed by atoms with E-state index in [1.165, 1.54) is 0 Å². The molecule has 0 bridgehead atoms. The number of rotatable bonds is 4. The zero-order valence-electron chi connectivity index (χ0n) is 10.8. The number of hydrogen-bond acceptors (Lipinski definition) is 3. The fourth-order valence-corrected chi connectivity index (χ4v) is 2.32. The van der Waals surface area contributed by atoms with Crippen LogP contribution < -0.4 is 4.74 Å². The van der Waals surface area contributed by atoms with Crippen molar-refractivity contribution in [2.24, 2.45) is 7.05 Å². The predicted octanol–water partition coefficient (Wildman–Crippen LogP) is 1.93. The highest BCUT2D eigenvalue weighted by Crippen LogP contribution is 2.40. The molecule has 2 heterocycles. The SMILES string of the molecule is COc1cc(-c2ccc(C(=O)O)n2C2CC2)nn1C. The van der Waals surface area contributed by atoms with E-state index in [0.717, 1.165) is 24.2 Å². The third kappa shape index (κ3) is 1.89. The van der Waals surface area contributed by atoms with E-state index in [-0.39, 0.29) is 6.04 Å². The van der Waals surface area contributed by atoms with E-state index in [0.29, 0.717) is 11.6 Å². The Morgan fingerprint density at radius 3 is 2.74 bits per heavy atom. The van der Waals surface area contributed by atoms with Crippen LogP contribution >= 0.6 is 0 Å². The summed E-state index contributed by atoms with van der Waals surface area (Å²) < 4.78 is 8.70. The van der Waals surface area contributed by atoms with Crippen LogP contribution in [0.3, 0.4) is 0 Å². The normalized spacial score (nSPS) is 14.6. The van der Waals surface area contributed by atoms with Gasteiger partial charge in [-0.1, -0.05) is 0 Å². The quantitative estimate of drug-likeness (QED) is 0.913. The molecule has 0 amide bonds. The Balaban J connectivity index is 2.11. The Kier molecular flexibility index (Phi) is 2.58. The number of hydrogen-bond donors (Lipinski definition) is 1. The minimum Gasteiger partial charge on any atom is -0.481 e. The largest absolute Gasteiger partial charge is 0.481 e. The highest BCUT2D eigenvalue weighted by Gasteiger charge is 2.30. The lowest BCUT2D eigenvalue weighted by Crippen LogP contribution is -2.08. The van der Waals surface area contributed by atoms with Crippen molar-refractivity contribution in [2.75, 3.05) is 7.11 Å². The molecular weight excluding hydrogens is 246 g/mol. The summed E-state index contributed by atoms with van der Waals surface area (Å²) in [6.07, 6.45) is 2.04. The maximum Gasteiger partial charge on any atom is 0.352 e. The Morgan fingerprint density at radius 1 is 1.47 bits per heavy atom. The van der Waals surface area contributed by atoms with Gasteiger partial charge in [-0.05, 0) is 25.0 Å². The molecule has 19 heavy (non-hydrogen) atoms. The zero-order chi connectivity index (χ0) is 13.6. The number of carboxylic acid groups (broad SMARTS) is 1. The molecule has 1 N–H and O–H groups in total. The third-order valence-electron chi connectivity index (χ3n) is 3.36. The molecule has 2 aromatic heterocycles. The summed E-state index contributed by atoms with van der Waals surface area (Å²) in [6.45, 7) is 0. The van der Waals surface area contributed by atoms with Crippen LogP contribution in [-0.4, -0.2) is 32.5 Å². The van der Waals surface area contributed by atoms with Crippen molar-refractivity contribution in [1.29, 1.82) is 0 Å². The summed E-state index contributed by atoms with van der Waals surface area (Å²) in [6, 6.07) is 5.55. The molecule has 3 rings (SSSR count). The molecule has 6 heteroatoms. The molecule has 1 saturated carbocycles. The number of ether oxygens (including phenoxy) is 1. The fourth-order valence-electron chi connectivity index (χ4n) is 2.32. The third-order valence-corrected chi connectivity index (χ3v) is 3.36. The van der Waals surface area contributed by atoms with Gasteiger partial charge in [0.25, 0.3) is 0 Å². The van der Waals surface area contributed by atoms with E-state index < -0.39 is 5.97 Å². The van der Waals surface area contributed by atoms with Crippen LogP contribution in [0.2, 0.25) is 0 Å². The van der Waals surface area contributed by atoms with Gasteiger partial charge in [-0.25, -0.2) is 9.48 Å². The Hall–Kier alpha value is -2.24. The summed E-state index contributed by atoms with van der Waals surface area (Å²) in [7, 11) is 3.38. The first-order valence-corrected chi connectivity index (χ1v) is 6.14. The van der Waals surface area contributed by atoms with Crippen molar-refractivity contribution in [3.8, 4) is 17.3 Å². The van der Waals surface area contributed by atoms with Gasteiger partial charge in [0.2, 0.25) is 5.88 Å². The van der Waals surface area contributed by atoms with Crippen molar-refractivity contribution in [3.05, 3.63) is 23.9 Å². The molecule has 1 fully saturated rings. The lowest BCUT2D eigenvalue weighted by atomic mass is 10.3.